The Hall–Kier alpha value is -3.49. The van der Waals surface area contributed by atoms with Gasteiger partial charge in [0.15, 0.2) is 11.8 Å². The lowest BCUT2D eigenvalue weighted by molar-refractivity contribution is 0.370. The van der Waals surface area contributed by atoms with Crippen molar-refractivity contribution in [3.8, 4) is 5.82 Å². The van der Waals surface area contributed by atoms with Crippen molar-refractivity contribution in [2.45, 2.75) is 13.5 Å². The molecule has 1 aliphatic heterocycles. The highest BCUT2D eigenvalue weighted by Gasteiger charge is 2.22. The van der Waals surface area contributed by atoms with Gasteiger partial charge in [0.25, 0.3) is 0 Å². The van der Waals surface area contributed by atoms with E-state index in [2.05, 4.69) is 20.3 Å². The summed E-state index contributed by atoms with van der Waals surface area (Å²) in [6.07, 6.45) is 5.31. The van der Waals surface area contributed by atoms with Gasteiger partial charge < -0.3 is 15.1 Å². The Bertz CT molecular complexity index is 1030. The van der Waals surface area contributed by atoms with Crippen molar-refractivity contribution in [2.24, 2.45) is 4.99 Å². The fourth-order valence-electron chi connectivity index (χ4n) is 3.57. The molecule has 9 heteroatoms. The molecule has 3 aromatic rings. The van der Waals surface area contributed by atoms with Crippen LogP contribution in [0.3, 0.4) is 0 Å². The largest absolute Gasteiger partial charge is 0.366 e. The van der Waals surface area contributed by atoms with Gasteiger partial charge in [0.2, 0.25) is 0 Å². The van der Waals surface area contributed by atoms with Crippen molar-refractivity contribution in [1.82, 2.24) is 25.0 Å². The van der Waals surface area contributed by atoms with Crippen LogP contribution in [0.25, 0.3) is 5.82 Å². The summed E-state index contributed by atoms with van der Waals surface area (Å²) >= 11 is 0. The Kier molecular flexibility index (Phi) is 6.40. The number of hydrogen-bond donors (Lipinski definition) is 1. The van der Waals surface area contributed by atoms with Gasteiger partial charge in [-0.3, -0.25) is 0 Å². The lowest BCUT2D eigenvalue weighted by Crippen LogP contribution is -2.52. The topological polar surface area (TPSA) is 61.6 Å². The first-order valence-corrected chi connectivity index (χ1v) is 10.3. The SMILES string of the molecule is CCNC(=NCc1ccnc(-n2cccn2)c1)N1CCN(c2cc(F)ccc2F)CC1. The van der Waals surface area contributed by atoms with Gasteiger partial charge >= 0.3 is 0 Å². The monoisotopic (exact) mass is 425 g/mol. The zero-order valence-electron chi connectivity index (χ0n) is 17.4. The Balaban J connectivity index is 1.43. The van der Waals surface area contributed by atoms with E-state index in [0.717, 1.165) is 30.0 Å². The van der Waals surface area contributed by atoms with E-state index in [9.17, 15) is 8.78 Å². The van der Waals surface area contributed by atoms with E-state index in [0.29, 0.717) is 38.4 Å². The first-order valence-electron chi connectivity index (χ1n) is 10.3. The number of piperazine rings is 1. The summed E-state index contributed by atoms with van der Waals surface area (Å²) in [5, 5.41) is 7.54. The number of aromatic nitrogens is 3. The molecule has 1 aliphatic rings. The molecule has 1 fully saturated rings. The predicted octanol–water partition coefficient (Wildman–Crippen LogP) is 2.83. The van der Waals surface area contributed by atoms with Gasteiger partial charge in [0.05, 0.1) is 12.2 Å². The number of rotatable bonds is 5. The number of guanidine groups is 1. The summed E-state index contributed by atoms with van der Waals surface area (Å²) < 4.78 is 29.4. The molecule has 0 unspecified atom stereocenters. The van der Waals surface area contributed by atoms with E-state index in [1.807, 2.05) is 36.2 Å². The van der Waals surface area contributed by atoms with Crippen LogP contribution in [0, 0.1) is 11.6 Å². The van der Waals surface area contributed by atoms with Gasteiger partial charge in [-0.25, -0.2) is 23.4 Å². The predicted molar refractivity (Wildman–Crippen MR) is 116 cm³/mol. The Morgan fingerprint density at radius 3 is 2.68 bits per heavy atom. The van der Waals surface area contributed by atoms with Crippen LogP contribution in [0.1, 0.15) is 12.5 Å². The summed E-state index contributed by atoms with van der Waals surface area (Å²) in [6, 6.07) is 9.32. The van der Waals surface area contributed by atoms with Gasteiger partial charge in [-0.1, -0.05) is 0 Å². The molecule has 4 rings (SSSR count). The second-order valence-corrected chi connectivity index (χ2v) is 7.21. The summed E-state index contributed by atoms with van der Waals surface area (Å²) in [6.45, 7) is 5.76. The fraction of sp³-hybridized carbons (Fsp3) is 0.318. The van der Waals surface area contributed by atoms with Crippen molar-refractivity contribution in [1.29, 1.82) is 0 Å². The van der Waals surface area contributed by atoms with Crippen LogP contribution < -0.4 is 10.2 Å². The van der Waals surface area contributed by atoms with Crippen LogP contribution in [0.15, 0.2) is 60.0 Å². The molecule has 31 heavy (non-hydrogen) atoms. The first kappa shape index (κ1) is 20.8. The maximum atomic E-state index is 14.1. The molecule has 0 bridgehead atoms. The Labute approximate surface area is 180 Å². The minimum absolute atomic E-state index is 0.310. The summed E-state index contributed by atoms with van der Waals surface area (Å²) in [7, 11) is 0. The molecular weight excluding hydrogens is 400 g/mol. The normalized spacial score (nSPS) is 14.7. The number of nitrogens with zero attached hydrogens (tertiary/aromatic N) is 6. The molecule has 0 spiro atoms. The quantitative estimate of drug-likeness (QED) is 0.503. The van der Waals surface area contributed by atoms with Crippen LogP contribution in [0.4, 0.5) is 14.5 Å². The summed E-state index contributed by atoms with van der Waals surface area (Å²) in [4.78, 5) is 13.1. The molecule has 7 nitrogen and oxygen atoms in total. The van der Waals surface area contributed by atoms with Crippen LogP contribution in [0.2, 0.25) is 0 Å². The zero-order valence-corrected chi connectivity index (χ0v) is 17.4. The lowest BCUT2D eigenvalue weighted by Gasteiger charge is -2.37. The fourth-order valence-corrected chi connectivity index (χ4v) is 3.57. The van der Waals surface area contributed by atoms with Crippen LogP contribution >= 0.6 is 0 Å². The van der Waals surface area contributed by atoms with Crippen molar-refractivity contribution in [3.05, 3.63) is 72.2 Å². The molecule has 0 saturated carbocycles. The third kappa shape index (κ3) is 4.99. The van der Waals surface area contributed by atoms with E-state index < -0.39 is 11.6 Å². The van der Waals surface area contributed by atoms with Crippen molar-refractivity contribution < 1.29 is 8.78 Å². The number of anilines is 1. The van der Waals surface area contributed by atoms with Crippen molar-refractivity contribution in [3.63, 3.8) is 0 Å². The maximum absolute atomic E-state index is 14.1. The number of halogens is 2. The molecule has 0 amide bonds. The third-order valence-corrected chi connectivity index (χ3v) is 5.12. The van der Waals surface area contributed by atoms with E-state index in [4.69, 9.17) is 4.99 Å². The van der Waals surface area contributed by atoms with E-state index >= 15 is 0 Å². The molecule has 2 aromatic heterocycles. The molecule has 0 radical (unpaired) electrons. The van der Waals surface area contributed by atoms with Crippen LogP contribution in [-0.4, -0.2) is 58.3 Å². The lowest BCUT2D eigenvalue weighted by atomic mass is 10.2. The highest BCUT2D eigenvalue weighted by Crippen LogP contribution is 2.22. The van der Waals surface area contributed by atoms with Gasteiger partial charge in [-0.05, 0) is 42.8 Å². The second-order valence-electron chi connectivity index (χ2n) is 7.21. The van der Waals surface area contributed by atoms with Crippen LogP contribution in [-0.2, 0) is 6.54 Å². The molecule has 1 N–H and O–H groups in total. The molecule has 1 aromatic carbocycles. The smallest absolute Gasteiger partial charge is 0.194 e. The highest BCUT2D eigenvalue weighted by molar-refractivity contribution is 5.80. The standard InChI is InChI=1S/C22H25F2N7/c1-2-25-22(27-16-17-6-8-26-21(14-17)31-9-3-7-28-31)30-12-10-29(11-13-30)20-15-18(23)4-5-19(20)24/h3-9,14-15H,2,10-13,16H2,1H3,(H,25,27). The van der Waals surface area contributed by atoms with Gasteiger partial charge in [-0.2, -0.15) is 5.10 Å². The van der Waals surface area contributed by atoms with Crippen LogP contribution in [0.5, 0.6) is 0 Å². The summed E-state index contributed by atoms with van der Waals surface area (Å²) in [5.41, 5.74) is 1.33. The zero-order chi connectivity index (χ0) is 21.6. The molecule has 162 valence electrons. The molecular formula is C22H25F2N7. The van der Waals surface area contributed by atoms with Crippen molar-refractivity contribution in [2.75, 3.05) is 37.6 Å². The average Bonchev–Trinajstić information content (AvgIpc) is 3.34. The van der Waals surface area contributed by atoms with Gasteiger partial charge in [0, 0.05) is 57.4 Å². The number of nitrogens with one attached hydrogen (secondary N) is 1. The number of hydrogen-bond acceptors (Lipinski definition) is 4. The molecule has 1 saturated heterocycles. The number of benzene rings is 1. The van der Waals surface area contributed by atoms with Gasteiger partial charge in [0.1, 0.15) is 11.6 Å². The second kappa shape index (κ2) is 9.55. The summed E-state index contributed by atoms with van der Waals surface area (Å²) in [5.74, 6) is 0.717. The number of aliphatic imine (C=N–C) groups is 1. The van der Waals surface area contributed by atoms with E-state index in [-0.39, 0.29) is 0 Å². The minimum atomic E-state index is -0.430. The maximum Gasteiger partial charge on any atom is 0.194 e. The molecule has 0 atom stereocenters. The van der Waals surface area contributed by atoms with Gasteiger partial charge in [-0.15, -0.1) is 0 Å². The molecule has 0 aliphatic carbocycles. The highest BCUT2D eigenvalue weighted by atomic mass is 19.1. The average molecular weight is 425 g/mol. The first-order chi connectivity index (χ1) is 15.1. The van der Waals surface area contributed by atoms with E-state index in [1.165, 1.54) is 12.1 Å². The van der Waals surface area contributed by atoms with Crippen molar-refractivity contribution >= 4 is 11.6 Å². The number of pyridine rings is 1. The van der Waals surface area contributed by atoms with E-state index in [1.54, 1.807) is 17.1 Å². The minimum Gasteiger partial charge on any atom is -0.366 e. The molecule has 3 heterocycles. The third-order valence-electron chi connectivity index (χ3n) is 5.12. The Morgan fingerprint density at radius 2 is 1.94 bits per heavy atom. The Morgan fingerprint density at radius 1 is 1.10 bits per heavy atom.